The van der Waals surface area contributed by atoms with E-state index in [1.54, 1.807) is 12.1 Å². The summed E-state index contributed by atoms with van der Waals surface area (Å²) in [5.41, 5.74) is 5.75. The molecule has 0 spiro atoms. The van der Waals surface area contributed by atoms with Gasteiger partial charge in [0.25, 0.3) is 0 Å². The summed E-state index contributed by atoms with van der Waals surface area (Å²) in [6, 6.07) is 13.3. The van der Waals surface area contributed by atoms with Crippen molar-refractivity contribution in [3.63, 3.8) is 0 Å². The van der Waals surface area contributed by atoms with Gasteiger partial charge in [0.2, 0.25) is 0 Å². The van der Waals surface area contributed by atoms with Crippen LogP contribution in [0.2, 0.25) is 0 Å². The van der Waals surface area contributed by atoms with Crippen molar-refractivity contribution < 1.29 is 4.39 Å². The maximum Gasteiger partial charge on any atom is 0.123 e. The Morgan fingerprint density at radius 2 is 1.90 bits per heavy atom. The second kappa shape index (κ2) is 7.08. The van der Waals surface area contributed by atoms with Crippen LogP contribution in [-0.2, 0) is 0 Å². The minimum Gasteiger partial charge on any atom is -0.326 e. The second-order valence-corrected chi connectivity index (χ2v) is 7.83. The van der Waals surface area contributed by atoms with Crippen LogP contribution in [0.25, 0.3) is 33.5 Å². The highest BCUT2D eigenvalue weighted by molar-refractivity contribution is 5.85. The Morgan fingerprint density at radius 3 is 2.62 bits per heavy atom. The van der Waals surface area contributed by atoms with E-state index in [2.05, 4.69) is 46.2 Å². The zero-order chi connectivity index (χ0) is 20.0. The summed E-state index contributed by atoms with van der Waals surface area (Å²) < 4.78 is 17.7. The van der Waals surface area contributed by atoms with Crippen molar-refractivity contribution in [3.05, 3.63) is 54.6 Å². The predicted molar refractivity (Wildman–Crippen MR) is 111 cm³/mol. The van der Waals surface area contributed by atoms with Crippen LogP contribution in [-0.4, -0.2) is 37.6 Å². The Hall–Kier alpha value is -3.06. The first-order chi connectivity index (χ1) is 14.1. The van der Waals surface area contributed by atoms with Crippen LogP contribution in [0.3, 0.4) is 0 Å². The average Bonchev–Trinajstić information content (AvgIpc) is 3.46. The predicted octanol–water partition coefficient (Wildman–Crippen LogP) is 4.22. The third-order valence-electron chi connectivity index (χ3n) is 5.57. The largest absolute Gasteiger partial charge is 0.326 e. The monoisotopic (exact) mass is 390 g/mol. The number of hydrogen-bond donors (Lipinski definition) is 1. The Balaban J connectivity index is 1.71. The van der Waals surface area contributed by atoms with Crippen LogP contribution in [0.15, 0.2) is 48.8 Å². The Bertz CT molecular complexity index is 1150. The summed E-state index contributed by atoms with van der Waals surface area (Å²) in [6.07, 6.45) is 2.97. The van der Waals surface area contributed by atoms with Crippen LogP contribution in [0.1, 0.15) is 32.4 Å². The van der Waals surface area contributed by atoms with Crippen molar-refractivity contribution in [2.24, 2.45) is 0 Å². The average molecular weight is 390 g/mol. The Labute approximate surface area is 168 Å². The Kier molecular flexibility index (Phi) is 4.39. The van der Waals surface area contributed by atoms with Gasteiger partial charge in [-0.3, -0.25) is 0 Å². The van der Waals surface area contributed by atoms with Crippen LogP contribution in [0.4, 0.5) is 4.39 Å². The standard InChI is InChI=1S/C22H23FN6/c1-14(2)29-20-11-16(5-8-19(20)26-27-29)22-21(15-3-6-17(23)7-4-15)25-13-28(22)18-9-10-24-12-18/h3-8,11,13-14,18,24H,9-10,12H2,1-2H3/t18-/m1/s1. The van der Waals surface area contributed by atoms with Crippen molar-refractivity contribution in [2.75, 3.05) is 13.1 Å². The van der Waals surface area contributed by atoms with E-state index >= 15 is 0 Å². The molecule has 2 aromatic carbocycles. The molecule has 29 heavy (non-hydrogen) atoms. The molecule has 0 radical (unpaired) electrons. The molecule has 0 saturated carbocycles. The van der Waals surface area contributed by atoms with Crippen molar-refractivity contribution in [2.45, 2.75) is 32.4 Å². The van der Waals surface area contributed by atoms with E-state index in [9.17, 15) is 4.39 Å². The molecule has 1 atom stereocenters. The van der Waals surface area contributed by atoms with E-state index in [1.165, 1.54) is 12.1 Å². The van der Waals surface area contributed by atoms with Gasteiger partial charge in [-0.15, -0.1) is 5.10 Å². The molecule has 1 aliphatic rings. The number of hydrogen-bond acceptors (Lipinski definition) is 4. The van der Waals surface area contributed by atoms with Gasteiger partial charge < -0.3 is 9.88 Å². The minimum absolute atomic E-state index is 0.218. The highest BCUT2D eigenvalue weighted by atomic mass is 19.1. The minimum atomic E-state index is -0.247. The maximum atomic E-state index is 13.5. The summed E-state index contributed by atoms with van der Waals surface area (Å²) in [4.78, 5) is 4.74. The lowest BCUT2D eigenvalue weighted by Gasteiger charge is -2.16. The Morgan fingerprint density at radius 1 is 1.10 bits per heavy atom. The highest BCUT2D eigenvalue weighted by Gasteiger charge is 2.24. The fraction of sp³-hybridized carbons (Fsp3) is 0.318. The lowest BCUT2D eigenvalue weighted by atomic mass is 10.0. The van der Waals surface area contributed by atoms with Gasteiger partial charge >= 0.3 is 0 Å². The summed E-state index contributed by atoms with van der Waals surface area (Å²) >= 11 is 0. The van der Waals surface area contributed by atoms with E-state index in [4.69, 9.17) is 4.98 Å². The molecule has 4 aromatic rings. The molecule has 2 aromatic heterocycles. The fourth-order valence-corrected chi connectivity index (χ4v) is 4.08. The summed E-state index contributed by atoms with van der Waals surface area (Å²) in [7, 11) is 0. The van der Waals surface area contributed by atoms with E-state index in [0.29, 0.717) is 6.04 Å². The van der Waals surface area contributed by atoms with Gasteiger partial charge in [0.15, 0.2) is 0 Å². The number of halogens is 1. The zero-order valence-corrected chi connectivity index (χ0v) is 16.5. The van der Waals surface area contributed by atoms with Gasteiger partial charge in [-0.05, 0) is 63.2 Å². The molecule has 3 heterocycles. The molecule has 6 nitrogen and oxygen atoms in total. The van der Waals surface area contributed by atoms with E-state index < -0.39 is 0 Å². The molecule has 1 saturated heterocycles. The highest BCUT2D eigenvalue weighted by Crippen LogP contribution is 2.36. The number of imidazole rings is 1. The first kappa shape index (κ1) is 18.0. The van der Waals surface area contributed by atoms with E-state index in [0.717, 1.165) is 53.1 Å². The topological polar surface area (TPSA) is 60.6 Å². The van der Waals surface area contributed by atoms with Gasteiger partial charge in [-0.25, -0.2) is 14.1 Å². The van der Waals surface area contributed by atoms with E-state index in [-0.39, 0.29) is 11.9 Å². The molecule has 148 valence electrons. The molecule has 1 aliphatic heterocycles. The van der Waals surface area contributed by atoms with Gasteiger partial charge in [0.05, 0.1) is 23.2 Å². The van der Waals surface area contributed by atoms with Crippen molar-refractivity contribution in [1.82, 2.24) is 29.9 Å². The third-order valence-corrected chi connectivity index (χ3v) is 5.57. The van der Waals surface area contributed by atoms with Crippen molar-refractivity contribution >= 4 is 11.0 Å². The lowest BCUT2D eigenvalue weighted by molar-refractivity contribution is 0.530. The van der Waals surface area contributed by atoms with Gasteiger partial charge in [-0.1, -0.05) is 11.3 Å². The number of benzene rings is 2. The number of fused-ring (bicyclic) bond motifs is 1. The van der Waals surface area contributed by atoms with Crippen LogP contribution in [0.5, 0.6) is 0 Å². The molecule has 0 bridgehead atoms. The van der Waals surface area contributed by atoms with E-state index in [1.807, 2.05) is 17.1 Å². The molecular formula is C22H23FN6. The van der Waals surface area contributed by atoms with Crippen LogP contribution in [0, 0.1) is 5.82 Å². The normalized spacial score (nSPS) is 16.9. The van der Waals surface area contributed by atoms with Gasteiger partial charge in [0.1, 0.15) is 11.3 Å². The molecule has 1 fully saturated rings. The first-order valence-corrected chi connectivity index (χ1v) is 10.0. The summed E-state index contributed by atoms with van der Waals surface area (Å²) in [6.45, 7) is 6.11. The third kappa shape index (κ3) is 3.11. The van der Waals surface area contributed by atoms with Crippen LogP contribution < -0.4 is 5.32 Å². The zero-order valence-electron chi connectivity index (χ0n) is 16.5. The lowest BCUT2D eigenvalue weighted by Crippen LogP contribution is -2.13. The van der Waals surface area contributed by atoms with Gasteiger partial charge in [-0.2, -0.15) is 0 Å². The SMILES string of the molecule is CC(C)n1nnc2ccc(-c3c(-c4ccc(F)cc4)ncn3[C@@H]3CCNC3)cc21. The summed E-state index contributed by atoms with van der Waals surface area (Å²) in [5, 5.41) is 12.0. The molecule has 0 amide bonds. The maximum absolute atomic E-state index is 13.5. The molecule has 1 N–H and O–H groups in total. The number of nitrogens with one attached hydrogen (secondary N) is 1. The number of rotatable bonds is 4. The molecule has 0 aliphatic carbocycles. The number of nitrogens with zero attached hydrogens (tertiary/aromatic N) is 5. The second-order valence-electron chi connectivity index (χ2n) is 7.83. The molecule has 5 rings (SSSR count). The first-order valence-electron chi connectivity index (χ1n) is 10.0. The summed E-state index contributed by atoms with van der Waals surface area (Å²) in [5.74, 6) is -0.247. The quantitative estimate of drug-likeness (QED) is 0.567. The van der Waals surface area contributed by atoms with Gasteiger partial charge in [0, 0.05) is 29.8 Å². The number of aromatic nitrogens is 5. The van der Waals surface area contributed by atoms with Crippen LogP contribution >= 0.6 is 0 Å². The molecular weight excluding hydrogens is 367 g/mol. The van der Waals surface area contributed by atoms with Crippen molar-refractivity contribution in [3.8, 4) is 22.5 Å². The smallest absolute Gasteiger partial charge is 0.123 e. The van der Waals surface area contributed by atoms with Crippen molar-refractivity contribution in [1.29, 1.82) is 0 Å². The molecule has 7 heteroatoms. The fourth-order valence-electron chi connectivity index (χ4n) is 4.08. The molecule has 0 unspecified atom stereocenters.